The molecule has 0 rings (SSSR count). The van der Waals surface area contributed by atoms with Crippen LogP contribution < -0.4 is 5.73 Å². The Morgan fingerprint density at radius 1 is 1.28 bits per heavy atom. The molecule has 0 aliphatic carbocycles. The number of rotatable bonds is 10. The van der Waals surface area contributed by atoms with Gasteiger partial charge in [-0.15, -0.1) is 0 Å². The molecule has 18 heavy (non-hydrogen) atoms. The lowest BCUT2D eigenvalue weighted by Gasteiger charge is -2.19. The number of carboxylic acids is 1. The highest BCUT2D eigenvalue weighted by atomic mass is 31.2. The number of carboxylic acid groups (broad SMARTS) is 1. The fourth-order valence-corrected chi connectivity index (χ4v) is 3.07. The maximum atomic E-state index is 11.7. The van der Waals surface area contributed by atoms with E-state index in [2.05, 4.69) is 6.92 Å². The third-order valence-corrected chi connectivity index (χ3v) is 5.36. The molecule has 0 heterocycles. The average molecular weight is 279 g/mol. The van der Waals surface area contributed by atoms with E-state index >= 15 is 0 Å². The molecule has 0 spiro atoms. The predicted molar refractivity (Wildman–Crippen MR) is 72.8 cm³/mol. The summed E-state index contributed by atoms with van der Waals surface area (Å²) in [6, 6.07) is 0. The van der Waals surface area contributed by atoms with Gasteiger partial charge in [0.15, 0.2) is 0 Å². The maximum Gasteiger partial charge on any atom is 0.307 e. The summed E-state index contributed by atoms with van der Waals surface area (Å²) in [5.41, 5.74) is 5.41. The molecule has 0 aromatic heterocycles. The summed E-state index contributed by atoms with van der Waals surface area (Å²) in [6.07, 6.45) is 5.38. The largest absolute Gasteiger partial charge is 0.481 e. The Balaban J connectivity index is 4.16. The van der Waals surface area contributed by atoms with Gasteiger partial charge >= 0.3 is 5.97 Å². The smallest absolute Gasteiger partial charge is 0.307 e. The lowest BCUT2D eigenvalue weighted by atomic mass is 10.0. The van der Waals surface area contributed by atoms with Gasteiger partial charge in [0, 0.05) is 6.16 Å². The van der Waals surface area contributed by atoms with Gasteiger partial charge in [0.2, 0.25) is 7.37 Å². The molecule has 2 unspecified atom stereocenters. The van der Waals surface area contributed by atoms with E-state index in [0.717, 1.165) is 32.1 Å². The summed E-state index contributed by atoms with van der Waals surface area (Å²) < 4.78 is 11.7. The molecule has 0 aromatic rings. The zero-order valence-corrected chi connectivity index (χ0v) is 12.2. The first-order valence-corrected chi connectivity index (χ1v) is 8.52. The molecule has 0 saturated carbocycles. The summed E-state index contributed by atoms with van der Waals surface area (Å²) in [5, 5.41) is 9.05. The van der Waals surface area contributed by atoms with Crippen molar-refractivity contribution in [3.05, 3.63) is 0 Å². The number of nitrogens with two attached hydrogens (primary N) is 1. The summed E-state index contributed by atoms with van der Waals surface area (Å²) in [6.45, 7) is 3.56. The molecular weight excluding hydrogens is 253 g/mol. The van der Waals surface area contributed by atoms with Gasteiger partial charge in [-0.3, -0.25) is 9.36 Å². The molecular formula is C12H26NO4P. The third-order valence-electron chi connectivity index (χ3n) is 3.12. The van der Waals surface area contributed by atoms with E-state index < -0.39 is 25.0 Å². The monoisotopic (exact) mass is 279 g/mol. The van der Waals surface area contributed by atoms with Gasteiger partial charge in [0.05, 0.1) is 11.7 Å². The number of hydrogen-bond acceptors (Lipinski definition) is 3. The van der Waals surface area contributed by atoms with E-state index in [4.69, 9.17) is 10.8 Å². The van der Waals surface area contributed by atoms with Gasteiger partial charge in [0.1, 0.15) is 0 Å². The third kappa shape index (κ3) is 7.14. The molecule has 0 saturated heterocycles. The van der Waals surface area contributed by atoms with Crippen molar-refractivity contribution in [1.82, 2.24) is 0 Å². The van der Waals surface area contributed by atoms with Crippen LogP contribution in [0.15, 0.2) is 0 Å². The fourth-order valence-electron chi connectivity index (χ4n) is 1.77. The number of aliphatic carboxylic acids is 1. The molecule has 108 valence electrons. The second kappa shape index (κ2) is 8.68. The second-order valence-corrected chi connectivity index (χ2v) is 7.61. The van der Waals surface area contributed by atoms with Gasteiger partial charge in [-0.1, -0.05) is 39.0 Å². The molecule has 0 aromatic carbocycles. The fraction of sp³-hybridized carbons (Fsp3) is 0.917. The van der Waals surface area contributed by atoms with E-state index in [1.165, 1.54) is 6.92 Å². The van der Waals surface area contributed by atoms with E-state index in [-0.39, 0.29) is 6.16 Å². The van der Waals surface area contributed by atoms with Crippen molar-refractivity contribution in [2.24, 2.45) is 11.7 Å². The van der Waals surface area contributed by atoms with Gasteiger partial charge in [-0.2, -0.15) is 0 Å². The van der Waals surface area contributed by atoms with Crippen molar-refractivity contribution in [2.45, 2.75) is 58.2 Å². The molecule has 0 aliphatic heterocycles. The minimum atomic E-state index is -3.54. The summed E-state index contributed by atoms with van der Waals surface area (Å²) in [7, 11) is -3.54. The quantitative estimate of drug-likeness (QED) is 0.421. The van der Waals surface area contributed by atoms with Crippen LogP contribution in [0.25, 0.3) is 0 Å². The molecule has 6 heteroatoms. The minimum Gasteiger partial charge on any atom is -0.481 e. The van der Waals surface area contributed by atoms with Gasteiger partial charge in [0.25, 0.3) is 0 Å². The van der Waals surface area contributed by atoms with E-state index in [0.29, 0.717) is 6.42 Å². The topological polar surface area (TPSA) is 101 Å². The van der Waals surface area contributed by atoms with Crippen molar-refractivity contribution in [1.29, 1.82) is 0 Å². The van der Waals surface area contributed by atoms with Crippen molar-refractivity contribution < 1.29 is 19.4 Å². The van der Waals surface area contributed by atoms with Crippen LogP contribution >= 0.6 is 7.37 Å². The normalized spacial score (nSPS) is 18.0. The zero-order chi connectivity index (χ0) is 14.2. The average Bonchev–Trinajstić information content (AvgIpc) is 2.26. The van der Waals surface area contributed by atoms with Crippen molar-refractivity contribution >= 4 is 13.3 Å². The molecule has 3 atom stereocenters. The molecule has 4 N–H and O–H groups in total. The van der Waals surface area contributed by atoms with Crippen molar-refractivity contribution in [3.8, 4) is 0 Å². The number of unbranched alkanes of at least 4 members (excludes halogenated alkanes) is 4. The zero-order valence-electron chi connectivity index (χ0n) is 11.3. The highest BCUT2D eigenvalue weighted by Gasteiger charge is 2.31. The SMILES string of the molecule is CCCCCCCC(CP(=O)(O)[C@H](C)N)C(=O)O. The Morgan fingerprint density at radius 2 is 1.83 bits per heavy atom. The molecule has 0 aliphatic rings. The van der Waals surface area contributed by atoms with Crippen LogP contribution in [0.3, 0.4) is 0 Å². The van der Waals surface area contributed by atoms with Gasteiger partial charge in [-0.05, 0) is 13.3 Å². The van der Waals surface area contributed by atoms with Crippen molar-refractivity contribution in [3.63, 3.8) is 0 Å². The summed E-state index contributed by atoms with van der Waals surface area (Å²) >= 11 is 0. The molecule has 5 nitrogen and oxygen atoms in total. The first kappa shape index (κ1) is 17.6. The molecule has 0 fully saturated rings. The Kier molecular flexibility index (Phi) is 8.49. The van der Waals surface area contributed by atoms with E-state index in [1.54, 1.807) is 0 Å². The van der Waals surface area contributed by atoms with E-state index in [1.807, 2.05) is 0 Å². The van der Waals surface area contributed by atoms with Crippen LogP contribution in [-0.2, 0) is 9.36 Å². The Labute approximate surface area is 109 Å². The number of hydrogen-bond donors (Lipinski definition) is 3. The Morgan fingerprint density at radius 3 is 2.28 bits per heavy atom. The summed E-state index contributed by atoms with van der Waals surface area (Å²) in [5.74, 6) is -2.62. The molecule has 0 radical (unpaired) electrons. The second-order valence-electron chi connectivity index (χ2n) is 4.92. The standard InChI is InChI=1S/C12H26NO4P/c1-3-4-5-6-7-8-11(12(14)15)9-18(16,17)10(2)13/h10-11H,3-9,13H2,1-2H3,(H,14,15)(H,16,17)/t10-,11?/m1/s1. The lowest BCUT2D eigenvalue weighted by Crippen LogP contribution is -2.24. The Hall–Kier alpha value is -0.380. The highest BCUT2D eigenvalue weighted by molar-refractivity contribution is 7.58. The van der Waals surface area contributed by atoms with E-state index in [9.17, 15) is 14.3 Å². The number of carbonyl (C=O) groups is 1. The highest BCUT2D eigenvalue weighted by Crippen LogP contribution is 2.46. The Bertz CT molecular complexity index is 294. The van der Waals surface area contributed by atoms with Crippen LogP contribution in [-0.4, -0.2) is 27.9 Å². The predicted octanol–water partition coefficient (Wildman–Crippen LogP) is 2.62. The van der Waals surface area contributed by atoms with Gasteiger partial charge < -0.3 is 15.7 Å². The van der Waals surface area contributed by atoms with Crippen LogP contribution in [0.1, 0.15) is 52.4 Å². The summed E-state index contributed by atoms with van der Waals surface area (Å²) in [4.78, 5) is 20.7. The maximum absolute atomic E-state index is 11.7. The van der Waals surface area contributed by atoms with Crippen molar-refractivity contribution in [2.75, 3.05) is 6.16 Å². The van der Waals surface area contributed by atoms with Crippen LogP contribution in [0.4, 0.5) is 0 Å². The van der Waals surface area contributed by atoms with Gasteiger partial charge in [-0.25, -0.2) is 0 Å². The minimum absolute atomic E-state index is 0.215. The first-order chi connectivity index (χ1) is 8.31. The molecule has 0 bridgehead atoms. The first-order valence-electron chi connectivity index (χ1n) is 6.61. The lowest BCUT2D eigenvalue weighted by molar-refractivity contribution is -0.141. The van der Waals surface area contributed by atoms with Crippen LogP contribution in [0.2, 0.25) is 0 Å². The van der Waals surface area contributed by atoms with Crippen LogP contribution in [0, 0.1) is 5.92 Å². The molecule has 0 amide bonds. The van der Waals surface area contributed by atoms with Crippen LogP contribution in [0.5, 0.6) is 0 Å².